The molecule has 0 fully saturated rings. The first-order valence-corrected chi connectivity index (χ1v) is 8.32. The Labute approximate surface area is 151 Å². The van der Waals surface area contributed by atoms with Gasteiger partial charge in [-0.05, 0) is 60.7 Å². The van der Waals surface area contributed by atoms with E-state index in [9.17, 15) is 0 Å². The molecule has 0 amide bonds. The Balaban J connectivity index is 1.80. The average molecular weight is 345 g/mol. The Morgan fingerprint density at radius 3 is 2.04 bits per heavy atom. The lowest BCUT2D eigenvalue weighted by molar-refractivity contribution is 0.414. The minimum atomic E-state index is 0.815. The highest BCUT2D eigenvalue weighted by Crippen LogP contribution is 2.30. The second-order valence-electron chi connectivity index (χ2n) is 5.83. The number of ether oxygens (including phenoxy) is 2. The largest absolute Gasteiger partial charge is 0.497 e. The number of benzene rings is 3. The molecule has 4 aromatic rings. The summed E-state index contributed by atoms with van der Waals surface area (Å²) in [5.41, 5.74) is 2.85. The smallest absolute Gasteiger partial charge is 0.142 e. The topological polar surface area (TPSA) is 48.3 Å². The third-order valence-corrected chi connectivity index (χ3v) is 4.25. The molecule has 0 spiro atoms. The van der Waals surface area contributed by atoms with Crippen LogP contribution in [0.2, 0.25) is 0 Å². The standard InChI is InChI=1S/C21H19N3O2/c1-25-17-11-7-15(8-12-17)22-21-19-5-3-4-6-20(19)23-24(21)16-9-13-18(26-2)14-10-16/h3-14,22H,1-2H3. The van der Waals surface area contributed by atoms with Crippen LogP contribution in [-0.4, -0.2) is 24.0 Å². The summed E-state index contributed by atoms with van der Waals surface area (Å²) in [6.07, 6.45) is 0. The van der Waals surface area contributed by atoms with Gasteiger partial charge in [0.2, 0.25) is 0 Å². The maximum atomic E-state index is 5.25. The molecule has 1 heterocycles. The van der Waals surface area contributed by atoms with E-state index >= 15 is 0 Å². The van der Waals surface area contributed by atoms with E-state index in [1.54, 1.807) is 14.2 Å². The summed E-state index contributed by atoms with van der Waals surface area (Å²) < 4.78 is 12.4. The molecule has 0 aliphatic carbocycles. The van der Waals surface area contributed by atoms with E-state index in [0.717, 1.165) is 39.6 Å². The normalized spacial score (nSPS) is 10.7. The van der Waals surface area contributed by atoms with Crippen LogP contribution in [0, 0.1) is 0 Å². The van der Waals surface area contributed by atoms with Crippen LogP contribution in [-0.2, 0) is 0 Å². The van der Waals surface area contributed by atoms with E-state index < -0.39 is 0 Å². The van der Waals surface area contributed by atoms with E-state index in [2.05, 4.69) is 11.4 Å². The molecule has 4 rings (SSSR count). The van der Waals surface area contributed by atoms with Crippen molar-refractivity contribution in [3.63, 3.8) is 0 Å². The monoisotopic (exact) mass is 345 g/mol. The van der Waals surface area contributed by atoms with E-state index in [1.165, 1.54) is 0 Å². The maximum absolute atomic E-state index is 5.25. The molecule has 1 aromatic heterocycles. The predicted octanol–water partition coefficient (Wildman–Crippen LogP) is 4.79. The van der Waals surface area contributed by atoms with Gasteiger partial charge in [0.15, 0.2) is 0 Å². The number of rotatable bonds is 5. The summed E-state index contributed by atoms with van der Waals surface area (Å²) in [5, 5.41) is 9.30. The SMILES string of the molecule is COc1ccc(Nc2c3ccccc3nn2-c2ccc(OC)cc2)cc1. The fraction of sp³-hybridized carbons (Fsp3) is 0.0952. The third kappa shape index (κ3) is 2.95. The zero-order chi connectivity index (χ0) is 17.9. The lowest BCUT2D eigenvalue weighted by Gasteiger charge is -2.11. The van der Waals surface area contributed by atoms with Crippen LogP contribution in [0.25, 0.3) is 16.6 Å². The fourth-order valence-electron chi connectivity index (χ4n) is 2.87. The van der Waals surface area contributed by atoms with Crippen molar-refractivity contribution in [2.45, 2.75) is 0 Å². The van der Waals surface area contributed by atoms with Crippen LogP contribution < -0.4 is 14.8 Å². The van der Waals surface area contributed by atoms with Crippen molar-refractivity contribution in [3.8, 4) is 17.2 Å². The van der Waals surface area contributed by atoms with Gasteiger partial charge in [0.1, 0.15) is 17.3 Å². The van der Waals surface area contributed by atoms with Gasteiger partial charge in [-0.25, -0.2) is 4.68 Å². The van der Waals surface area contributed by atoms with Crippen molar-refractivity contribution < 1.29 is 9.47 Å². The van der Waals surface area contributed by atoms with Gasteiger partial charge in [-0.15, -0.1) is 0 Å². The van der Waals surface area contributed by atoms with Gasteiger partial charge in [0.25, 0.3) is 0 Å². The molecule has 26 heavy (non-hydrogen) atoms. The van der Waals surface area contributed by atoms with Gasteiger partial charge >= 0.3 is 0 Å². The second-order valence-corrected chi connectivity index (χ2v) is 5.83. The lowest BCUT2D eigenvalue weighted by atomic mass is 10.2. The van der Waals surface area contributed by atoms with Gasteiger partial charge in [0.05, 0.1) is 25.4 Å². The molecule has 130 valence electrons. The highest BCUT2D eigenvalue weighted by Gasteiger charge is 2.13. The minimum absolute atomic E-state index is 0.815. The van der Waals surface area contributed by atoms with Gasteiger partial charge in [-0.3, -0.25) is 0 Å². The lowest BCUT2D eigenvalue weighted by Crippen LogP contribution is -2.02. The summed E-state index contributed by atoms with van der Waals surface area (Å²) in [6.45, 7) is 0. The van der Waals surface area contributed by atoms with Crippen LogP contribution in [0.3, 0.4) is 0 Å². The van der Waals surface area contributed by atoms with Crippen molar-refractivity contribution in [3.05, 3.63) is 72.8 Å². The van der Waals surface area contributed by atoms with Crippen molar-refractivity contribution >= 4 is 22.4 Å². The average Bonchev–Trinajstić information content (AvgIpc) is 3.07. The molecule has 5 nitrogen and oxygen atoms in total. The molecule has 0 saturated heterocycles. The molecular formula is C21H19N3O2. The van der Waals surface area contributed by atoms with Crippen LogP contribution in [0.15, 0.2) is 72.8 Å². The van der Waals surface area contributed by atoms with Gasteiger partial charge in [-0.1, -0.05) is 12.1 Å². The maximum Gasteiger partial charge on any atom is 0.142 e. The molecule has 0 atom stereocenters. The van der Waals surface area contributed by atoms with E-state index in [1.807, 2.05) is 71.4 Å². The molecule has 0 bridgehead atoms. The summed E-state index contributed by atoms with van der Waals surface area (Å²) in [6, 6.07) is 23.7. The molecule has 0 aliphatic heterocycles. The summed E-state index contributed by atoms with van der Waals surface area (Å²) >= 11 is 0. The summed E-state index contributed by atoms with van der Waals surface area (Å²) in [4.78, 5) is 0. The molecule has 0 saturated carbocycles. The Bertz CT molecular complexity index is 1020. The number of hydrogen-bond acceptors (Lipinski definition) is 4. The Hall–Kier alpha value is -3.47. The zero-order valence-corrected chi connectivity index (χ0v) is 14.6. The molecule has 0 radical (unpaired) electrons. The quantitative estimate of drug-likeness (QED) is 0.565. The van der Waals surface area contributed by atoms with Crippen LogP contribution >= 0.6 is 0 Å². The molecule has 5 heteroatoms. The van der Waals surface area contributed by atoms with Crippen molar-refractivity contribution in [2.75, 3.05) is 19.5 Å². The summed E-state index contributed by atoms with van der Waals surface area (Å²) in [7, 11) is 3.32. The number of nitrogens with one attached hydrogen (secondary N) is 1. The summed E-state index contributed by atoms with van der Waals surface area (Å²) in [5.74, 6) is 2.55. The van der Waals surface area contributed by atoms with Crippen LogP contribution in [0.5, 0.6) is 11.5 Å². The number of methoxy groups -OCH3 is 2. The first-order valence-electron chi connectivity index (χ1n) is 8.32. The van der Waals surface area contributed by atoms with Gasteiger partial charge in [-0.2, -0.15) is 5.10 Å². The first-order chi connectivity index (χ1) is 12.8. The highest BCUT2D eigenvalue weighted by molar-refractivity contribution is 5.92. The second kappa shape index (κ2) is 6.80. The number of hydrogen-bond donors (Lipinski definition) is 1. The highest BCUT2D eigenvalue weighted by atomic mass is 16.5. The Morgan fingerprint density at radius 2 is 1.38 bits per heavy atom. The van der Waals surface area contributed by atoms with E-state index in [0.29, 0.717) is 0 Å². The first kappa shape index (κ1) is 16.0. The Morgan fingerprint density at radius 1 is 0.769 bits per heavy atom. The van der Waals surface area contributed by atoms with E-state index in [-0.39, 0.29) is 0 Å². The van der Waals surface area contributed by atoms with E-state index in [4.69, 9.17) is 14.6 Å². The number of nitrogens with zero attached hydrogens (tertiary/aromatic N) is 2. The molecular weight excluding hydrogens is 326 g/mol. The molecule has 1 N–H and O–H groups in total. The predicted molar refractivity (Wildman–Crippen MR) is 104 cm³/mol. The number of anilines is 2. The van der Waals surface area contributed by atoms with Gasteiger partial charge < -0.3 is 14.8 Å². The zero-order valence-electron chi connectivity index (χ0n) is 14.6. The van der Waals surface area contributed by atoms with Crippen molar-refractivity contribution in [1.82, 2.24) is 9.78 Å². The number of aromatic nitrogens is 2. The van der Waals surface area contributed by atoms with Crippen molar-refractivity contribution in [1.29, 1.82) is 0 Å². The van der Waals surface area contributed by atoms with Crippen molar-refractivity contribution in [2.24, 2.45) is 0 Å². The van der Waals surface area contributed by atoms with Crippen LogP contribution in [0.1, 0.15) is 0 Å². The minimum Gasteiger partial charge on any atom is -0.497 e. The fourth-order valence-corrected chi connectivity index (χ4v) is 2.87. The Kier molecular flexibility index (Phi) is 4.19. The molecule has 0 unspecified atom stereocenters. The van der Waals surface area contributed by atoms with Gasteiger partial charge in [0, 0.05) is 11.1 Å². The molecule has 3 aromatic carbocycles. The third-order valence-electron chi connectivity index (χ3n) is 4.25. The molecule has 0 aliphatic rings. The number of fused-ring (bicyclic) bond motifs is 1. The van der Waals surface area contributed by atoms with Crippen LogP contribution in [0.4, 0.5) is 11.5 Å².